The first-order valence-corrected chi connectivity index (χ1v) is 11.5. The lowest BCUT2D eigenvalue weighted by Gasteiger charge is -2.27. The zero-order valence-electron chi connectivity index (χ0n) is 17.2. The number of nitrogens with zero attached hydrogens (tertiary/aromatic N) is 1. The van der Waals surface area contributed by atoms with Crippen LogP contribution in [0.1, 0.15) is 26.7 Å². The van der Waals surface area contributed by atoms with Crippen LogP contribution in [0.25, 0.3) is 0 Å². The van der Waals surface area contributed by atoms with E-state index in [9.17, 15) is 9.59 Å². The highest BCUT2D eigenvalue weighted by Crippen LogP contribution is 2.72. The summed E-state index contributed by atoms with van der Waals surface area (Å²) in [5, 5.41) is 6.19. The highest BCUT2D eigenvalue weighted by atomic mass is 79.9. The monoisotopic (exact) mass is 459 g/mol. The van der Waals surface area contributed by atoms with Crippen LogP contribution >= 0.6 is 15.9 Å². The number of hydrogen-bond donors (Lipinski definition) is 2. The molecular weight excluding hydrogens is 430 g/mol. The van der Waals surface area contributed by atoms with Gasteiger partial charge in [-0.3, -0.25) is 9.59 Å². The maximum absolute atomic E-state index is 13.2. The highest BCUT2D eigenvalue weighted by molar-refractivity contribution is 9.10. The number of hydrogen-bond acceptors (Lipinski definition) is 3. The SMILES string of the molecule is CCN(CC)CCNC(=O)[C@H]1[C@H](C(=O)Nc2ccc(Br)cc2)[C@@H]2C=C[C@H]1C21CC1. The van der Waals surface area contributed by atoms with Crippen molar-refractivity contribution in [2.45, 2.75) is 26.7 Å². The van der Waals surface area contributed by atoms with Crippen molar-refractivity contribution < 1.29 is 9.59 Å². The van der Waals surface area contributed by atoms with Gasteiger partial charge in [0.25, 0.3) is 0 Å². The summed E-state index contributed by atoms with van der Waals surface area (Å²) in [6, 6.07) is 7.60. The lowest BCUT2D eigenvalue weighted by atomic mass is 9.81. The molecule has 6 heteroatoms. The summed E-state index contributed by atoms with van der Waals surface area (Å²) >= 11 is 3.42. The van der Waals surface area contributed by atoms with Gasteiger partial charge < -0.3 is 15.5 Å². The number of allylic oxidation sites excluding steroid dienone is 2. The van der Waals surface area contributed by atoms with E-state index in [-0.39, 0.29) is 40.9 Å². The highest BCUT2D eigenvalue weighted by Gasteiger charge is 2.69. The van der Waals surface area contributed by atoms with E-state index in [1.165, 1.54) is 0 Å². The molecule has 4 atom stereocenters. The molecule has 1 spiro atoms. The molecule has 2 N–H and O–H groups in total. The molecule has 156 valence electrons. The van der Waals surface area contributed by atoms with Crippen LogP contribution in [0.15, 0.2) is 40.9 Å². The van der Waals surface area contributed by atoms with Crippen LogP contribution in [0.3, 0.4) is 0 Å². The molecule has 3 aliphatic rings. The number of nitrogens with one attached hydrogen (secondary N) is 2. The third-order valence-electron chi connectivity index (χ3n) is 7.18. The van der Waals surface area contributed by atoms with Gasteiger partial charge in [0.1, 0.15) is 0 Å². The molecule has 0 heterocycles. The van der Waals surface area contributed by atoms with Gasteiger partial charge in [0.15, 0.2) is 0 Å². The maximum Gasteiger partial charge on any atom is 0.228 e. The molecule has 5 nitrogen and oxygen atoms in total. The first-order chi connectivity index (χ1) is 14.0. The number of rotatable bonds is 8. The van der Waals surface area contributed by atoms with Crippen LogP contribution < -0.4 is 10.6 Å². The van der Waals surface area contributed by atoms with Gasteiger partial charge >= 0.3 is 0 Å². The lowest BCUT2D eigenvalue weighted by Crippen LogP contribution is -2.44. The minimum Gasteiger partial charge on any atom is -0.355 e. The Balaban J connectivity index is 1.47. The van der Waals surface area contributed by atoms with Crippen molar-refractivity contribution in [2.24, 2.45) is 29.1 Å². The molecule has 2 fully saturated rings. The quantitative estimate of drug-likeness (QED) is 0.582. The number of amides is 2. The number of likely N-dealkylation sites (N-methyl/N-ethyl adjacent to an activating group) is 1. The van der Waals surface area contributed by atoms with E-state index in [1.807, 2.05) is 24.3 Å². The van der Waals surface area contributed by atoms with Gasteiger partial charge in [0.05, 0.1) is 11.8 Å². The van der Waals surface area contributed by atoms with E-state index in [4.69, 9.17) is 0 Å². The lowest BCUT2D eigenvalue weighted by molar-refractivity contribution is -0.132. The summed E-state index contributed by atoms with van der Waals surface area (Å²) in [4.78, 5) is 28.7. The molecule has 0 radical (unpaired) electrons. The predicted octanol–water partition coefficient (Wildman–Crippen LogP) is 3.67. The van der Waals surface area contributed by atoms with Crippen molar-refractivity contribution in [1.29, 1.82) is 0 Å². The average Bonchev–Trinajstić information content (AvgIpc) is 3.39. The first-order valence-electron chi connectivity index (χ1n) is 10.7. The van der Waals surface area contributed by atoms with Gasteiger partial charge in [-0.05, 0) is 67.4 Å². The number of carbonyl (C=O) groups excluding carboxylic acids is 2. The summed E-state index contributed by atoms with van der Waals surface area (Å²) in [5.74, 6) is -0.164. The molecule has 0 unspecified atom stereocenters. The number of anilines is 1. The molecule has 3 aliphatic carbocycles. The molecular formula is C23H30BrN3O2. The van der Waals surface area contributed by atoms with Gasteiger partial charge in [0.2, 0.25) is 11.8 Å². The fraction of sp³-hybridized carbons (Fsp3) is 0.565. The Morgan fingerprint density at radius 3 is 2.17 bits per heavy atom. The van der Waals surface area contributed by atoms with Crippen molar-refractivity contribution in [3.05, 3.63) is 40.9 Å². The molecule has 0 aliphatic heterocycles. The Morgan fingerprint density at radius 1 is 1.03 bits per heavy atom. The minimum atomic E-state index is -0.287. The van der Waals surface area contributed by atoms with Gasteiger partial charge in [-0.2, -0.15) is 0 Å². The molecule has 0 saturated heterocycles. The summed E-state index contributed by atoms with van der Waals surface area (Å²) < 4.78 is 0.973. The Kier molecular flexibility index (Phi) is 5.85. The molecule has 2 bridgehead atoms. The normalized spacial score (nSPS) is 28.1. The maximum atomic E-state index is 13.2. The zero-order chi connectivity index (χ0) is 20.6. The van der Waals surface area contributed by atoms with E-state index >= 15 is 0 Å². The molecule has 2 saturated carbocycles. The number of halogens is 1. The van der Waals surface area contributed by atoms with Gasteiger partial charge in [0, 0.05) is 23.2 Å². The molecule has 4 rings (SSSR count). The van der Waals surface area contributed by atoms with Crippen LogP contribution in [0.4, 0.5) is 5.69 Å². The van der Waals surface area contributed by atoms with E-state index in [1.54, 1.807) is 0 Å². The van der Waals surface area contributed by atoms with Crippen LogP contribution in [0.5, 0.6) is 0 Å². The zero-order valence-corrected chi connectivity index (χ0v) is 18.7. The van der Waals surface area contributed by atoms with Crippen LogP contribution in [0.2, 0.25) is 0 Å². The topological polar surface area (TPSA) is 61.4 Å². The average molecular weight is 460 g/mol. The summed E-state index contributed by atoms with van der Waals surface area (Å²) in [5.41, 5.74) is 0.929. The fourth-order valence-electron chi connectivity index (χ4n) is 5.46. The molecule has 1 aromatic rings. The first kappa shape index (κ1) is 20.6. The predicted molar refractivity (Wildman–Crippen MR) is 118 cm³/mol. The third-order valence-corrected chi connectivity index (χ3v) is 7.71. The molecule has 29 heavy (non-hydrogen) atoms. The Bertz CT molecular complexity index is 799. The van der Waals surface area contributed by atoms with Crippen molar-refractivity contribution >= 4 is 33.4 Å². The van der Waals surface area contributed by atoms with Crippen LogP contribution in [-0.2, 0) is 9.59 Å². The van der Waals surface area contributed by atoms with E-state index < -0.39 is 0 Å². The summed E-state index contributed by atoms with van der Waals surface area (Å²) in [7, 11) is 0. The summed E-state index contributed by atoms with van der Waals surface area (Å²) in [6.07, 6.45) is 6.65. The Morgan fingerprint density at radius 2 is 1.62 bits per heavy atom. The number of benzene rings is 1. The fourth-order valence-corrected chi connectivity index (χ4v) is 5.73. The third kappa shape index (κ3) is 3.77. The van der Waals surface area contributed by atoms with Crippen molar-refractivity contribution in [3.63, 3.8) is 0 Å². The van der Waals surface area contributed by atoms with Crippen LogP contribution in [-0.4, -0.2) is 42.9 Å². The number of carbonyl (C=O) groups is 2. The molecule has 1 aromatic carbocycles. The summed E-state index contributed by atoms with van der Waals surface area (Å²) in [6.45, 7) is 7.69. The second-order valence-electron chi connectivity index (χ2n) is 8.54. The molecule has 0 aromatic heterocycles. The van der Waals surface area contributed by atoms with Gasteiger partial charge in [-0.1, -0.05) is 41.9 Å². The van der Waals surface area contributed by atoms with Gasteiger partial charge in [-0.15, -0.1) is 0 Å². The second-order valence-corrected chi connectivity index (χ2v) is 9.45. The molecule has 2 amide bonds. The largest absolute Gasteiger partial charge is 0.355 e. The van der Waals surface area contributed by atoms with Crippen molar-refractivity contribution in [1.82, 2.24) is 10.2 Å². The Labute approximate surface area is 181 Å². The standard InChI is InChI=1S/C23H30BrN3O2/c1-3-27(4-2)14-13-25-21(28)19-17-9-10-18(23(17)11-12-23)20(19)22(29)26-16-7-5-15(24)6-8-16/h5-10,17-20H,3-4,11-14H2,1-2H3,(H,25,28)(H,26,29)/t17-,18+,19-,20-/m1/s1. The van der Waals surface area contributed by atoms with Gasteiger partial charge in [-0.25, -0.2) is 0 Å². The Hall–Kier alpha value is -1.66. The second kappa shape index (κ2) is 8.23. The minimum absolute atomic E-state index is 0.0284. The van der Waals surface area contributed by atoms with Crippen molar-refractivity contribution in [2.75, 3.05) is 31.5 Å². The smallest absolute Gasteiger partial charge is 0.228 e. The van der Waals surface area contributed by atoms with Crippen LogP contribution in [0, 0.1) is 29.1 Å². The van der Waals surface area contributed by atoms with E-state index in [0.717, 1.165) is 42.6 Å². The van der Waals surface area contributed by atoms with E-state index in [2.05, 4.69) is 57.5 Å². The van der Waals surface area contributed by atoms with E-state index in [0.29, 0.717) is 6.54 Å². The van der Waals surface area contributed by atoms with Crippen molar-refractivity contribution in [3.8, 4) is 0 Å².